The molecule has 0 unspecified atom stereocenters. The van der Waals surface area contributed by atoms with E-state index in [1.165, 1.54) is 12.1 Å². The molecule has 0 aromatic heterocycles. The van der Waals surface area contributed by atoms with Crippen LogP contribution in [-0.4, -0.2) is 11.1 Å². The Morgan fingerprint density at radius 3 is 2.42 bits per heavy atom. The first-order valence-electron chi connectivity index (χ1n) is 3.00. The summed E-state index contributed by atoms with van der Waals surface area (Å²) in [5, 5.41) is 8.63. The summed E-state index contributed by atoms with van der Waals surface area (Å²) < 4.78 is 1.31. The number of hydrogen-bond donors (Lipinski definition) is 2. The van der Waals surface area contributed by atoms with Crippen molar-refractivity contribution in [3.05, 3.63) is 26.6 Å². The number of nitrogen functional groups attached to an aromatic ring is 1. The minimum absolute atomic E-state index is 0.169. The van der Waals surface area contributed by atoms with E-state index in [4.69, 9.17) is 10.8 Å². The van der Waals surface area contributed by atoms with Crippen molar-refractivity contribution in [3.8, 4) is 0 Å². The standard InChI is InChI=1S/C7H5Br2NO2/c8-4-1-3(7(11)12)2-5(10)6(4)9/h1-2H,10H2,(H,11,12). The summed E-state index contributed by atoms with van der Waals surface area (Å²) in [6, 6.07) is 2.89. The normalized spacial score (nSPS) is 9.83. The molecule has 1 aromatic rings. The van der Waals surface area contributed by atoms with Crippen LogP contribution in [0.5, 0.6) is 0 Å². The molecule has 1 rings (SSSR count). The highest BCUT2D eigenvalue weighted by Crippen LogP contribution is 2.30. The molecule has 0 bridgehead atoms. The van der Waals surface area contributed by atoms with Gasteiger partial charge in [0, 0.05) is 10.2 Å². The topological polar surface area (TPSA) is 63.3 Å². The Balaban J connectivity index is 3.31. The second kappa shape index (κ2) is 3.45. The lowest BCUT2D eigenvalue weighted by molar-refractivity contribution is 0.0697. The second-order valence-electron chi connectivity index (χ2n) is 2.17. The van der Waals surface area contributed by atoms with Crippen LogP contribution in [0.1, 0.15) is 10.4 Å². The lowest BCUT2D eigenvalue weighted by Crippen LogP contribution is -1.98. The number of hydrogen-bond acceptors (Lipinski definition) is 2. The summed E-state index contributed by atoms with van der Waals surface area (Å²) in [7, 11) is 0. The molecule has 0 spiro atoms. The first-order chi connectivity index (χ1) is 5.52. The lowest BCUT2D eigenvalue weighted by Gasteiger charge is -2.02. The van der Waals surface area contributed by atoms with Crippen LogP contribution < -0.4 is 5.73 Å². The predicted octanol–water partition coefficient (Wildman–Crippen LogP) is 2.49. The zero-order chi connectivity index (χ0) is 9.30. The first-order valence-corrected chi connectivity index (χ1v) is 4.59. The van der Waals surface area contributed by atoms with Gasteiger partial charge in [-0.25, -0.2) is 4.79 Å². The molecule has 0 aliphatic carbocycles. The number of aromatic carboxylic acids is 1. The molecule has 3 nitrogen and oxygen atoms in total. The molecule has 0 aliphatic heterocycles. The van der Waals surface area contributed by atoms with Gasteiger partial charge in [-0.05, 0) is 44.0 Å². The Kier molecular flexibility index (Phi) is 2.74. The summed E-state index contributed by atoms with van der Waals surface area (Å²) in [6.07, 6.45) is 0. The van der Waals surface area contributed by atoms with E-state index >= 15 is 0 Å². The number of carbonyl (C=O) groups is 1. The number of rotatable bonds is 1. The summed E-state index contributed by atoms with van der Waals surface area (Å²) >= 11 is 6.37. The maximum atomic E-state index is 10.5. The molecular weight excluding hydrogens is 290 g/mol. The quantitative estimate of drug-likeness (QED) is 0.782. The van der Waals surface area contributed by atoms with Crippen molar-refractivity contribution in [3.63, 3.8) is 0 Å². The lowest BCUT2D eigenvalue weighted by atomic mass is 10.2. The van der Waals surface area contributed by atoms with Crippen molar-refractivity contribution in [1.82, 2.24) is 0 Å². The number of benzene rings is 1. The highest BCUT2D eigenvalue weighted by Gasteiger charge is 2.08. The van der Waals surface area contributed by atoms with E-state index in [0.717, 1.165) is 0 Å². The molecule has 12 heavy (non-hydrogen) atoms. The van der Waals surface area contributed by atoms with Crippen LogP contribution in [-0.2, 0) is 0 Å². The number of carboxylic acids is 1. The third-order valence-corrected chi connectivity index (χ3v) is 3.35. The molecule has 0 heterocycles. The number of carboxylic acid groups (broad SMARTS) is 1. The minimum atomic E-state index is -0.991. The van der Waals surface area contributed by atoms with Crippen LogP contribution in [0.25, 0.3) is 0 Å². The maximum absolute atomic E-state index is 10.5. The number of nitrogens with two attached hydrogens (primary N) is 1. The van der Waals surface area contributed by atoms with Gasteiger partial charge in [-0.15, -0.1) is 0 Å². The first kappa shape index (κ1) is 9.54. The Bertz CT molecular complexity index is 315. The van der Waals surface area contributed by atoms with Gasteiger partial charge in [0.15, 0.2) is 0 Å². The fraction of sp³-hybridized carbons (Fsp3) is 0. The fourth-order valence-corrected chi connectivity index (χ4v) is 1.44. The van der Waals surface area contributed by atoms with E-state index in [9.17, 15) is 4.79 Å². The van der Waals surface area contributed by atoms with Gasteiger partial charge in [-0.2, -0.15) is 0 Å². The van der Waals surface area contributed by atoms with E-state index in [1.54, 1.807) is 0 Å². The number of halogens is 2. The van der Waals surface area contributed by atoms with Gasteiger partial charge >= 0.3 is 5.97 Å². The molecule has 1 aromatic carbocycles. The SMILES string of the molecule is Nc1cc(C(=O)O)cc(Br)c1Br. The molecule has 0 aliphatic rings. The Morgan fingerprint density at radius 2 is 2.00 bits per heavy atom. The van der Waals surface area contributed by atoms with Crippen LogP contribution in [0.3, 0.4) is 0 Å². The van der Waals surface area contributed by atoms with Gasteiger partial charge in [-0.1, -0.05) is 0 Å². The average molecular weight is 295 g/mol. The van der Waals surface area contributed by atoms with E-state index in [-0.39, 0.29) is 5.56 Å². The van der Waals surface area contributed by atoms with Crippen LogP contribution in [0.15, 0.2) is 21.1 Å². The summed E-state index contributed by atoms with van der Waals surface area (Å²) in [5.74, 6) is -0.991. The zero-order valence-electron chi connectivity index (χ0n) is 5.84. The van der Waals surface area contributed by atoms with E-state index in [2.05, 4.69) is 31.9 Å². The van der Waals surface area contributed by atoms with Crippen molar-refractivity contribution in [2.45, 2.75) is 0 Å². The van der Waals surface area contributed by atoms with Crippen molar-refractivity contribution >= 4 is 43.5 Å². The highest BCUT2D eigenvalue weighted by atomic mass is 79.9. The maximum Gasteiger partial charge on any atom is 0.335 e. The van der Waals surface area contributed by atoms with Gasteiger partial charge in [0.2, 0.25) is 0 Å². The predicted molar refractivity (Wildman–Crippen MR) is 53.2 cm³/mol. The highest BCUT2D eigenvalue weighted by molar-refractivity contribution is 9.13. The minimum Gasteiger partial charge on any atom is -0.478 e. The molecule has 0 saturated heterocycles. The van der Waals surface area contributed by atoms with E-state index < -0.39 is 5.97 Å². The smallest absolute Gasteiger partial charge is 0.335 e. The van der Waals surface area contributed by atoms with Crippen LogP contribution >= 0.6 is 31.9 Å². The molecule has 3 N–H and O–H groups in total. The fourth-order valence-electron chi connectivity index (χ4n) is 0.734. The zero-order valence-corrected chi connectivity index (χ0v) is 9.02. The van der Waals surface area contributed by atoms with Crippen molar-refractivity contribution < 1.29 is 9.90 Å². The molecule has 64 valence electrons. The van der Waals surface area contributed by atoms with Crippen molar-refractivity contribution in [2.75, 3.05) is 5.73 Å². The molecular formula is C7H5Br2NO2. The summed E-state index contributed by atoms with van der Waals surface area (Å²) in [6.45, 7) is 0. The van der Waals surface area contributed by atoms with Gasteiger partial charge in [0.05, 0.1) is 10.0 Å². The van der Waals surface area contributed by atoms with Crippen molar-refractivity contribution in [1.29, 1.82) is 0 Å². The molecule has 0 radical (unpaired) electrons. The Labute approximate surface area is 85.8 Å². The second-order valence-corrected chi connectivity index (χ2v) is 3.81. The van der Waals surface area contributed by atoms with Gasteiger partial charge in [0.25, 0.3) is 0 Å². The molecule has 0 amide bonds. The number of anilines is 1. The van der Waals surface area contributed by atoms with E-state index in [1.807, 2.05) is 0 Å². The van der Waals surface area contributed by atoms with Crippen LogP contribution in [0.2, 0.25) is 0 Å². The summed E-state index contributed by atoms with van der Waals surface area (Å²) in [5.41, 5.74) is 6.09. The van der Waals surface area contributed by atoms with Gasteiger partial charge in [-0.3, -0.25) is 0 Å². The monoisotopic (exact) mass is 293 g/mol. The van der Waals surface area contributed by atoms with Gasteiger partial charge in [0.1, 0.15) is 0 Å². The van der Waals surface area contributed by atoms with Crippen LogP contribution in [0, 0.1) is 0 Å². The van der Waals surface area contributed by atoms with Crippen molar-refractivity contribution in [2.24, 2.45) is 0 Å². The Hall–Kier alpha value is -0.550. The molecule has 0 saturated carbocycles. The average Bonchev–Trinajstić information content (AvgIpc) is 1.99. The molecule has 0 atom stereocenters. The third-order valence-electron chi connectivity index (χ3n) is 1.30. The largest absolute Gasteiger partial charge is 0.478 e. The molecule has 0 fully saturated rings. The summed E-state index contributed by atoms with van der Waals surface area (Å²) in [4.78, 5) is 10.5. The Morgan fingerprint density at radius 1 is 1.42 bits per heavy atom. The molecule has 5 heteroatoms. The van der Waals surface area contributed by atoms with Gasteiger partial charge < -0.3 is 10.8 Å². The third kappa shape index (κ3) is 1.78. The van der Waals surface area contributed by atoms with Crippen LogP contribution in [0.4, 0.5) is 5.69 Å². The van der Waals surface area contributed by atoms with E-state index in [0.29, 0.717) is 14.6 Å².